The molecule has 8 heteroatoms. The van der Waals surface area contributed by atoms with Crippen molar-refractivity contribution < 1.29 is 21.6 Å². The van der Waals surface area contributed by atoms with E-state index in [0.717, 1.165) is 19.3 Å². The maximum Gasteiger partial charge on any atom is 0.389 e. The zero-order valence-electron chi connectivity index (χ0n) is 10.6. The van der Waals surface area contributed by atoms with Crippen molar-refractivity contribution in [2.75, 3.05) is 18.2 Å². The first kappa shape index (κ1) is 17.0. The van der Waals surface area contributed by atoms with Gasteiger partial charge in [-0.2, -0.15) is 17.5 Å². The number of halogens is 4. The van der Waals surface area contributed by atoms with Crippen LogP contribution in [0.3, 0.4) is 0 Å². The van der Waals surface area contributed by atoms with Crippen LogP contribution in [-0.4, -0.2) is 43.1 Å². The lowest BCUT2D eigenvalue weighted by Gasteiger charge is -2.34. The van der Waals surface area contributed by atoms with Gasteiger partial charge in [0.15, 0.2) is 0 Å². The second kappa shape index (κ2) is 7.13. The van der Waals surface area contributed by atoms with Crippen molar-refractivity contribution in [2.45, 2.75) is 50.7 Å². The molecule has 1 fully saturated rings. The lowest BCUT2D eigenvalue weighted by Crippen LogP contribution is -2.45. The summed E-state index contributed by atoms with van der Waals surface area (Å²) in [5.41, 5.74) is 0. The Labute approximate surface area is 117 Å². The fraction of sp³-hybridized carbons (Fsp3) is 1.00. The monoisotopic (exact) mass is 321 g/mol. The van der Waals surface area contributed by atoms with Gasteiger partial charge < -0.3 is 0 Å². The second-order valence-corrected chi connectivity index (χ2v) is 7.19. The van der Waals surface area contributed by atoms with Crippen LogP contribution >= 0.6 is 11.6 Å². The van der Waals surface area contributed by atoms with Crippen molar-refractivity contribution >= 4 is 21.6 Å². The summed E-state index contributed by atoms with van der Waals surface area (Å²) < 4.78 is 61.6. The Kier molecular flexibility index (Phi) is 6.39. The summed E-state index contributed by atoms with van der Waals surface area (Å²) in [6.07, 6.45) is -2.73. The van der Waals surface area contributed by atoms with E-state index in [1.54, 1.807) is 0 Å². The van der Waals surface area contributed by atoms with Crippen molar-refractivity contribution in [3.8, 4) is 0 Å². The van der Waals surface area contributed by atoms with Crippen molar-refractivity contribution in [2.24, 2.45) is 0 Å². The van der Waals surface area contributed by atoms with Gasteiger partial charge >= 0.3 is 6.18 Å². The molecule has 1 aliphatic heterocycles. The lowest BCUT2D eigenvalue weighted by atomic mass is 10.0. The minimum absolute atomic E-state index is 0.151. The molecule has 3 nitrogen and oxygen atoms in total. The standard InChI is InChI=1S/C11H19ClF3NO2S/c12-7-5-10-4-1-2-8-16(10)19(17,18)9-3-6-11(13,14)15/h10H,1-9H2. The molecule has 0 amide bonds. The Morgan fingerprint density at radius 3 is 2.53 bits per heavy atom. The van der Waals surface area contributed by atoms with Gasteiger partial charge in [-0.15, -0.1) is 11.6 Å². The zero-order chi connectivity index (χ0) is 14.5. The molecule has 19 heavy (non-hydrogen) atoms. The molecule has 1 heterocycles. The topological polar surface area (TPSA) is 37.4 Å². The molecule has 0 N–H and O–H groups in total. The van der Waals surface area contributed by atoms with E-state index in [-0.39, 0.29) is 12.5 Å². The molecule has 0 spiro atoms. The van der Waals surface area contributed by atoms with E-state index in [4.69, 9.17) is 11.6 Å². The molecule has 1 rings (SSSR count). The summed E-state index contributed by atoms with van der Waals surface area (Å²) >= 11 is 5.64. The molecule has 0 saturated carbocycles. The van der Waals surface area contributed by atoms with Gasteiger partial charge in [0.25, 0.3) is 0 Å². The second-order valence-electron chi connectivity index (χ2n) is 4.77. The van der Waals surface area contributed by atoms with Gasteiger partial charge in [0.2, 0.25) is 10.0 Å². The summed E-state index contributed by atoms with van der Waals surface area (Å²) in [5.74, 6) is -0.0788. The minimum atomic E-state index is -4.30. The summed E-state index contributed by atoms with van der Waals surface area (Å²) in [5, 5.41) is 0. The maximum atomic E-state index is 12.1. The van der Waals surface area contributed by atoms with E-state index in [2.05, 4.69) is 0 Å². The van der Waals surface area contributed by atoms with E-state index < -0.39 is 28.4 Å². The average molecular weight is 322 g/mol. The van der Waals surface area contributed by atoms with Gasteiger partial charge in [-0.05, 0) is 25.7 Å². The highest BCUT2D eigenvalue weighted by molar-refractivity contribution is 7.89. The number of hydrogen-bond acceptors (Lipinski definition) is 2. The van der Waals surface area contributed by atoms with Crippen LogP contribution in [0.15, 0.2) is 0 Å². The van der Waals surface area contributed by atoms with E-state index in [1.165, 1.54) is 4.31 Å². The Morgan fingerprint density at radius 1 is 1.26 bits per heavy atom. The number of hydrogen-bond donors (Lipinski definition) is 0. The Hall–Kier alpha value is -0.0100. The van der Waals surface area contributed by atoms with Crippen molar-refractivity contribution in [3.05, 3.63) is 0 Å². The largest absolute Gasteiger partial charge is 0.389 e. The normalized spacial score (nSPS) is 22.6. The van der Waals surface area contributed by atoms with E-state index in [1.807, 2.05) is 0 Å². The first-order valence-electron chi connectivity index (χ1n) is 6.38. The molecule has 1 unspecified atom stereocenters. The summed E-state index contributed by atoms with van der Waals surface area (Å²) in [6.45, 7) is 0.399. The van der Waals surface area contributed by atoms with E-state index in [0.29, 0.717) is 18.8 Å². The molecule has 1 aliphatic rings. The van der Waals surface area contributed by atoms with Crippen LogP contribution in [-0.2, 0) is 10.0 Å². The SMILES string of the molecule is O=S(=O)(CCCC(F)(F)F)N1CCCCC1CCCl. The van der Waals surface area contributed by atoms with Gasteiger partial charge in [-0.1, -0.05) is 6.42 Å². The van der Waals surface area contributed by atoms with Gasteiger partial charge in [-0.25, -0.2) is 8.42 Å². The smallest absolute Gasteiger partial charge is 0.212 e. The molecular formula is C11H19ClF3NO2S. The van der Waals surface area contributed by atoms with Crippen LogP contribution in [0.1, 0.15) is 38.5 Å². The van der Waals surface area contributed by atoms with Crippen molar-refractivity contribution in [1.82, 2.24) is 4.31 Å². The van der Waals surface area contributed by atoms with Crippen LogP contribution < -0.4 is 0 Å². The first-order valence-corrected chi connectivity index (χ1v) is 8.53. The Bertz CT molecular complexity index is 371. The molecule has 114 valence electrons. The molecule has 0 aromatic rings. The fourth-order valence-electron chi connectivity index (χ4n) is 2.33. The van der Waals surface area contributed by atoms with Gasteiger partial charge in [0.1, 0.15) is 0 Å². The average Bonchev–Trinajstić information content (AvgIpc) is 2.28. The van der Waals surface area contributed by atoms with Crippen molar-refractivity contribution in [3.63, 3.8) is 0 Å². The Balaban J connectivity index is 2.58. The zero-order valence-corrected chi connectivity index (χ0v) is 12.2. The van der Waals surface area contributed by atoms with Gasteiger partial charge in [0, 0.05) is 24.9 Å². The molecule has 0 bridgehead atoms. The van der Waals surface area contributed by atoms with Crippen LogP contribution in [0.4, 0.5) is 13.2 Å². The highest BCUT2D eigenvalue weighted by Crippen LogP contribution is 2.26. The molecular weight excluding hydrogens is 303 g/mol. The molecule has 0 aromatic carbocycles. The Morgan fingerprint density at radius 2 is 1.95 bits per heavy atom. The highest BCUT2D eigenvalue weighted by atomic mass is 35.5. The fourth-order valence-corrected chi connectivity index (χ4v) is 4.39. The number of piperidine rings is 1. The van der Waals surface area contributed by atoms with Crippen molar-refractivity contribution in [1.29, 1.82) is 0 Å². The highest BCUT2D eigenvalue weighted by Gasteiger charge is 2.33. The number of rotatable bonds is 6. The van der Waals surface area contributed by atoms with E-state index >= 15 is 0 Å². The van der Waals surface area contributed by atoms with Gasteiger partial charge in [-0.3, -0.25) is 0 Å². The molecule has 0 aromatic heterocycles. The van der Waals surface area contributed by atoms with Crippen LogP contribution in [0.2, 0.25) is 0 Å². The van der Waals surface area contributed by atoms with E-state index in [9.17, 15) is 21.6 Å². The third-order valence-corrected chi connectivity index (χ3v) is 5.45. The molecule has 1 atom stereocenters. The first-order chi connectivity index (χ1) is 8.76. The van der Waals surface area contributed by atoms with Crippen LogP contribution in [0, 0.1) is 0 Å². The van der Waals surface area contributed by atoms with Crippen LogP contribution in [0.5, 0.6) is 0 Å². The third-order valence-electron chi connectivity index (χ3n) is 3.24. The summed E-state index contributed by atoms with van der Waals surface area (Å²) in [6, 6.07) is -0.151. The molecule has 0 radical (unpaired) electrons. The van der Waals surface area contributed by atoms with Crippen LogP contribution in [0.25, 0.3) is 0 Å². The predicted octanol–water partition coefficient (Wildman–Crippen LogP) is 3.14. The third kappa shape index (κ3) is 5.87. The molecule has 0 aliphatic carbocycles. The molecule has 1 saturated heterocycles. The number of sulfonamides is 1. The predicted molar refractivity (Wildman–Crippen MR) is 68.8 cm³/mol. The maximum absolute atomic E-state index is 12.1. The summed E-state index contributed by atoms with van der Waals surface area (Å²) in [7, 11) is -3.60. The minimum Gasteiger partial charge on any atom is -0.212 e. The quantitative estimate of drug-likeness (QED) is 0.705. The summed E-state index contributed by atoms with van der Waals surface area (Å²) in [4.78, 5) is 0. The van der Waals surface area contributed by atoms with Gasteiger partial charge in [0.05, 0.1) is 5.75 Å². The lowest BCUT2D eigenvalue weighted by molar-refractivity contribution is -0.134. The number of nitrogens with zero attached hydrogens (tertiary/aromatic N) is 1. The number of alkyl halides is 4.